The lowest BCUT2D eigenvalue weighted by molar-refractivity contribution is 1.13. The van der Waals surface area contributed by atoms with Gasteiger partial charge in [0.25, 0.3) is 0 Å². The zero-order valence-corrected chi connectivity index (χ0v) is 8.85. The second-order valence-corrected chi connectivity index (χ2v) is 3.98. The van der Waals surface area contributed by atoms with Crippen molar-refractivity contribution in [2.45, 2.75) is 6.54 Å². The molecule has 72 valence electrons. The topological polar surface area (TPSA) is 37.8 Å². The van der Waals surface area contributed by atoms with Crippen LogP contribution >= 0.6 is 23.1 Å². The molecule has 0 atom stereocenters. The van der Waals surface area contributed by atoms with Gasteiger partial charge in [0.2, 0.25) is 0 Å². The summed E-state index contributed by atoms with van der Waals surface area (Å²) < 4.78 is 3.76. The number of aromatic nitrogens is 2. The maximum atomic E-state index is 5.77. The van der Waals surface area contributed by atoms with Crippen molar-refractivity contribution in [2.24, 2.45) is 0 Å². The second-order valence-electron chi connectivity index (χ2n) is 2.76. The van der Waals surface area contributed by atoms with Crippen LogP contribution in [0.3, 0.4) is 0 Å². The minimum atomic E-state index is 0.758. The largest absolute Gasteiger partial charge is 0.370 e. The summed E-state index contributed by atoms with van der Waals surface area (Å²) in [6.45, 7) is 0.765. The van der Waals surface area contributed by atoms with Crippen LogP contribution in [0.2, 0.25) is 5.02 Å². The van der Waals surface area contributed by atoms with E-state index in [2.05, 4.69) is 14.9 Å². The summed E-state index contributed by atoms with van der Waals surface area (Å²) in [6.07, 6.45) is 1.71. The van der Waals surface area contributed by atoms with Gasteiger partial charge in [-0.15, -0.1) is 5.10 Å². The van der Waals surface area contributed by atoms with Gasteiger partial charge in [0.1, 0.15) is 5.00 Å². The van der Waals surface area contributed by atoms with Gasteiger partial charge in [0.05, 0.1) is 6.20 Å². The predicted octanol–water partition coefficient (Wildman–Crippen LogP) is 2.80. The van der Waals surface area contributed by atoms with Crippen LogP contribution in [0.15, 0.2) is 30.5 Å². The Labute approximate surface area is 90.9 Å². The standard InChI is InChI=1S/C9H8ClN3S/c10-8-3-1-7(2-4-8)5-11-9-6-12-13-14-9/h1-4,6,11H,5H2. The van der Waals surface area contributed by atoms with E-state index in [4.69, 9.17) is 11.6 Å². The Kier molecular flexibility index (Phi) is 2.96. The van der Waals surface area contributed by atoms with Gasteiger partial charge < -0.3 is 5.32 Å². The molecule has 0 saturated carbocycles. The monoisotopic (exact) mass is 225 g/mol. The van der Waals surface area contributed by atoms with Crippen molar-refractivity contribution >= 4 is 28.1 Å². The van der Waals surface area contributed by atoms with E-state index < -0.39 is 0 Å². The zero-order valence-electron chi connectivity index (χ0n) is 7.27. The van der Waals surface area contributed by atoms with E-state index in [-0.39, 0.29) is 0 Å². The molecule has 0 aliphatic heterocycles. The number of halogens is 1. The molecule has 0 unspecified atom stereocenters. The molecule has 0 spiro atoms. The Balaban J connectivity index is 1.95. The minimum absolute atomic E-state index is 0.758. The quantitative estimate of drug-likeness (QED) is 0.873. The van der Waals surface area contributed by atoms with E-state index in [9.17, 15) is 0 Å². The van der Waals surface area contributed by atoms with Crippen LogP contribution in [-0.2, 0) is 6.54 Å². The molecule has 1 N–H and O–H groups in total. The SMILES string of the molecule is Clc1ccc(CNc2cnns2)cc1. The number of rotatable bonds is 3. The first-order valence-corrected chi connectivity index (χ1v) is 5.25. The molecular formula is C9H8ClN3S. The number of hydrogen-bond acceptors (Lipinski definition) is 4. The lowest BCUT2D eigenvalue weighted by atomic mass is 10.2. The summed E-state index contributed by atoms with van der Waals surface area (Å²) >= 11 is 7.12. The van der Waals surface area contributed by atoms with Crippen LogP contribution in [0.25, 0.3) is 0 Å². The maximum Gasteiger partial charge on any atom is 0.130 e. The van der Waals surface area contributed by atoms with Gasteiger partial charge in [0.15, 0.2) is 0 Å². The smallest absolute Gasteiger partial charge is 0.130 e. The summed E-state index contributed by atoms with van der Waals surface area (Å²) in [5.74, 6) is 0. The molecule has 2 aromatic rings. The minimum Gasteiger partial charge on any atom is -0.370 e. The fourth-order valence-corrected chi connectivity index (χ4v) is 1.58. The number of hydrogen-bond donors (Lipinski definition) is 1. The van der Waals surface area contributed by atoms with Gasteiger partial charge in [-0.2, -0.15) is 0 Å². The van der Waals surface area contributed by atoms with Gasteiger partial charge in [-0.1, -0.05) is 28.2 Å². The molecule has 1 heterocycles. The van der Waals surface area contributed by atoms with Crippen molar-refractivity contribution in [3.63, 3.8) is 0 Å². The molecule has 0 radical (unpaired) electrons. The summed E-state index contributed by atoms with van der Waals surface area (Å²) in [6, 6.07) is 7.74. The Morgan fingerprint density at radius 1 is 1.29 bits per heavy atom. The molecule has 0 aliphatic carbocycles. The average Bonchev–Trinajstić information content (AvgIpc) is 2.70. The van der Waals surface area contributed by atoms with Crippen LogP contribution in [0.4, 0.5) is 5.00 Å². The fraction of sp³-hybridized carbons (Fsp3) is 0.111. The number of anilines is 1. The van der Waals surface area contributed by atoms with Gasteiger partial charge in [-0.05, 0) is 17.7 Å². The highest BCUT2D eigenvalue weighted by Gasteiger charge is 1.95. The Morgan fingerprint density at radius 3 is 2.71 bits per heavy atom. The summed E-state index contributed by atoms with van der Waals surface area (Å²) in [5, 5.41) is 8.67. The molecule has 0 bridgehead atoms. The van der Waals surface area contributed by atoms with Crippen molar-refractivity contribution in [2.75, 3.05) is 5.32 Å². The third-order valence-electron chi connectivity index (χ3n) is 1.74. The highest BCUT2D eigenvalue weighted by Crippen LogP contribution is 2.13. The van der Waals surface area contributed by atoms with Crippen molar-refractivity contribution in [3.05, 3.63) is 41.0 Å². The van der Waals surface area contributed by atoms with Gasteiger partial charge in [-0.3, -0.25) is 0 Å². The molecule has 1 aromatic carbocycles. The third kappa shape index (κ3) is 2.43. The molecule has 2 rings (SSSR count). The first-order chi connectivity index (χ1) is 6.84. The lowest BCUT2D eigenvalue weighted by Gasteiger charge is -2.02. The Morgan fingerprint density at radius 2 is 2.07 bits per heavy atom. The molecule has 5 heteroatoms. The highest BCUT2D eigenvalue weighted by atomic mass is 35.5. The molecule has 1 aromatic heterocycles. The zero-order chi connectivity index (χ0) is 9.80. The van der Waals surface area contributed by atoms with Gasteiger partial charge in [-0.25, -0.2) is 0 Å². The molecule has 0 amide bonds. The van der Waals surface area contributed by atoms with E-state index in [1.165, 1.54) is 17.1 Å². The number of benzene rings is 1. The lowest BCUT2D eigenvalue weighted by Crippen LogP contribution is -1.96. The molecule has 0 aliphatic rings. The molecular weight excluding hydrogens is 218 g/mol. The normalized spacial score (nSPS) is 10.1. The first kappa shape index (κ1) is 9.43. The molecule has 0 fully saturated rings. The van der Waals surface area contributed by atoms with Crippen molar-refractivity contribution < 1.29 is 0 Å². The first-order valence-electron chi connectivity index (χ1n) is 4.10. The summed E-state index contributed by atoms with van der Waals surface area (Å²) in [7, 11) is 0. The number of nitrogens with one attached hydrogen (secondary N) is 1. The summed E-state index contributed by atoms with van der Waals surface area (Å²) in [4.78, 5) is 0. The second kappa shape index (κ2) is 4.39. The van der Waals surface area contributed by atoms with Crippen LogP contribution in [-0.4, -0.2) is 9.59 Å². The average molecular weight is 226 g/mol. The van der Waals surface area contributed by atoms with Gasteiger partial charge >= 0.3 is 0 Å². The van der Waals surface area contributed by atoms with Crippen LogP contribution in [0.5, 0.6) is 0 Å². The molecule has 14 heavy (non-hydrogen) atoms. The van der Waals surface area contributed by atoms with Crippen LogP contribution < -0.4 is 5.32 Å². The summed E-state index contributed by atoms with van der Waals surface area (Å²) in [5.41, 5.74) is 1.18. The van der Waals surface area contributed by atoms with Crippen molar-refractivity contribution in [1.29, 1.82) is 0 Å². The van der Waals surface area contributed by atoms with E-state index in [0.717, 1.165) is 16.6 Å². The van der Waals surface area contributed by atoms with Crippen LogP contribution in [0.1, 0.15) is 5.56 Å². The Hall–Kier alpha value is -1.13. The fourth-order valence-electron chi connectivity index (χ4n) is 1.04. The van der Waals surface area contributed by atoms with E-state index >= 15 is 0 Å². The highest BCUT2D eigenvalue weighted by molar-refractivity contribution is 7.09. The van der Waals surface area contributed by atoms with E-state index in [0.29, 0.717) is 0 Å². The third-order valence-corrected chi connectivity index (χ3v) is 2.62. The molecule has 3 nitrogen and oxygen atoms in total. The van der Waals surface area contributed by atoms with E-state index in [1.807, 2.05) is 24.3 Å². The van der Waals surface area contributed by atoms with Crippen molar-refractivity contribution in [1.82, 2.24) is 9.59 Å². The van der Waals surface area contributed by atoms with E-state index in [1.54, 1.807) is 6.20 Å². The van der Waals surface area contributed by atoms with Crippen LogP contribution in [0, 0.1) is 0 Å². The number of nitrogens with zero attached hydrogens (tertiary/aromatic N) is 2. The Bertz CT molecular complexity index is 385. The van der Waals surface area contributed by atoms with Crippen molar-refractivity contribution in [3.8, 4) is 0 Å². The molecule has 0 saturated heterocycles. The van der Waals surface area contributed by atoms with Gasteiger partial charge in [0, 0.05) is 23.1 Å². The predicted molar refractivity (Wildman–Crippen MR) is 58.7 cm³/mol. The maximum absolute atomic E-state index is 5.77.